The van der Waals surface area contributed by atoms with Crippen molar-refractivity contribution in [2.24, 2.45) is 5.92 Å². The van der Waals surface area contributed by atoms with E-state index in [0.717, 1.165) is 0 Å². The Kier molecular flexibility index (Phi) is 4.07. The van der Waals surface area contributed by atoms with Crippen molar-refractivity contribution >= 4 is 16.7 Å². The Morgan fingerprint density at radius 1 is 1.33 bits per heavy atom. The molecule has 0 atom stereocenters. The summed E-state index contributed by atoms with van der Waals surface area (Å²) in [6.07, 6.45) is 0. The molecule has 0 spiro atoms. The summed E-state index contributed by atoms with van der Waals surface area (Å²) in [5.41, 5.74) is 1.52. The quantitative estimate of drug-likeness (QED) is 0.547. The summed E-state index contributed by atoms with van der Waals surface area (Å²) in [5.74, 6) is 1.01. The summed E-state index contributed by atoms with van der Waals surface area (Å²) < 4.78 is 5.52. The number of benzene rings is 2. The Balaban J connectivity index is 2.02. The Bertz CT molecular complexity index is 902. The largest absolute Gasteiger partial charge is 0.506 e. The van der Waals surface area contributed by atoms with Crippen molar-refractivity contribution in [2.75, 3.05) is 6.61 Å². The van der Waals surface area contributed by atoms with Crippen LogP contribution in [-0.4, -0.2) is 26.6 Å². The number of aromatic amines is 1. The van der Waals surface area contributed by atoms with E-state index in [1.54, 1.807) is 24.3 Å². The topological polar surface area (TPSA) is 101 Å². The number of hydrogen-bond acceptors (Lipinski definition) is 5. The van der Waals surface area contributed by atoms with Crippen LogP contribution < -0.4 is 4.74 Å². The second kappa shape index (κ2) is 6.19. The van der Waals surface area contributed by atoms with Gasteiger partial charge in [0, 0.05) is 11.6 Å². The fraction of sp³-hybridized carbons (Fsp3) is 0.235. The van der Waals surface area contributed by atoms with E-state index in [-0.39, 0.29) is 23.1 Å². The van der Waals surface area contributed by atoms with Gasteiger partial charge in [-0.1, -0.05) is 19.9 Å². The van der Waals surface area contributed by atoms with Crippen LogP contribution >= 0.6 is 0 Å². The molecule has 2 N–H and O–H groups in total. The predicted molar refractivity (Wildman–Crippen MR) is 90.2 cm³/mol. The van der Waals surface area contributed by atoms with Crippen LogP contribution in [0.15, 0.2) is 36.4 Å². The molecule has 0 aliphatic carbocycles. The first kappa shape index (κ1) is 15.8. The highest BCUT2D eigenvalue weighted by atomic mass is 16.6. The molecule has 0 fully saturated rings. The van der Waals surface area contributed by atoms with Gasteiger partial charge in [0.1, 0.15) is 17.1 Å². The summed E-state index contributed by atoms with van der Waals surface area (Å²) >= 11 is 0. The zero-order valence-electron chi connectivity index (χ0n) is 13.3. The molecule has 0 aliphatic heterocycles. The van der Waals surface area contributed by atoms with Gasteiger partial charge in [-0.3, -0.25) is 10.1 Å². The number of rotatable bonds is 5. The number of hydrogen-bond donors (Lipinski definition) is 2. The van der Waals surface area contributed by atoms with E-state index < -0.39 is 4.92 Å². The fourth-order valence-electron chi connectivity index (χ4n) is 2.34. The van der Waals surface area contributed by atoms with E-state index in [9.17, 15) is 15.2 Å². The molecule has 0 aliphatic rings. The number of H-pyrrole nitrogens is 1. The third-order valence-electron chi connectivity index (χ3n) is 3.49. The van der Waals surface area contributed by atoms with Crippen LogP contribution in [0.4, 0.5) is 5.69 Å². The first-order chi connectivity index (χ1) is 11.5. The van der Waals surface area contributed by atoms with Crippen molar-refractivity contribution < 1.29 is 14.8 Å². The lowest BCUT2D eigenvalue weighted by atomic mass is 10.1. The Morgan fingerprint density at radius 3 is 2.79 bits per heavy atom. The average molecular weight is 327 g/mol. The molecule has 7 heteroatoms. The molecule has 2 aromatic carbocycles. The van der Waals surface area contributed by atoms with Crippen LogP contribution in [0, 0.1) is 16.0 Å². The molecule has 1 aromatic heterocycles. The van der Waals surface area contributed by atoms with Crippen molar-refractivity contribution in [3.63, 3.8) is 0 Å². The van der Waals surface area contributed by atoms with Crippen molar-refractivity contribution in [1.29, 1.82) is 0 Å². The lowest BCUT2D eigenvalue weighted by molar-refractivity contribution is -0.385. The van der Waals surface area contributed by atoms with Gasteiger partial charge in [-0.25, -0.2) is 4.98 Å². The number of para-hydroxylation sites is 1. The second-order valence-electron chi connectivity index (χ2n) is 5.90. The van der Waals surface area contributed by atoms with E-state index in [4.69, 9.17) is 4.74 Å². The van der Waals surface area contributed by atoms with Gasteiger partial charge in [0.25, 0.3) is 0 Å². The minimum Gasteiger partial charge on any atom is -0.506 e. The third-order valence-corrected chi connectivity index (χ3v) is 3.49. The highest BCUT2D eigenvalue weighted by Gasteiger charge is 2.18. The van der Waals surface area contributed by atoms with Gasteiger partial charge >= 0.3 is 5.69 Å². The summed E-state index contributed by atoms with van der Waals surface area (Å²) in [6, 6.07) is 9.72. The molecule has 0 saturated heterocycles. The van der Waals surface area contributed by atoms with E-state index >= 15 is 0 Å². The zero-order chi connectivity index (χ0) is 17.3. The second-order valence-corrected chi connectivity index (χ2v) is 5.90. The van der Waals surface area contributed by atoms with Gasteiger partial charge in [-0.2, -0.15) is 0 Å². The summed E-state index contributed by atoms with van der Waals surface area (Å²) in [5, 5.41) is 21.2. The molecule has 0 unspecified atom stereocenters. The molecule has 24 heavy (non-hydrogen) atoms. The van der Waals surface area contributed by atoms with Crippen molar-refractivity contribution in [1.82, 2.24) is 9.97 Å². The van der Waals surface area contributed by atoms with Gasteiger partial charge in [-0.15, -0.1) is 0 Å². The smallest absolute Gasteiger partial charge is 0.311 e. The van der Waals surface area contributed by atoms with Gasteiger partial charge < -0.3 is 14.8 Å². The Morgan fingerprint density at radius 2 is 2.12 bits per heavy atom. The third kappa shape index (κ3) is 3.01. The Labute approximate surface area is 138 Å². The minimum atomic E-state index is -0.473. The number of imidazole rings is 1. The molecule has 3 aromatic rings. The Hall–Kier alpha value is -3.09. The number of nitro groups is 1. The summed E-state index contributed by atoms with van der Waals surface area (Å²) in [4.78, 5) is 18.2. The molecule has 0 bridgehead atoms. The van der Waals surface area contributed by atoms with Crippen molar-refractivity contribution in [2.45, 2.75) is 13.8 Å². The molecule has 0 saturated carbocycles. The molecular formula is C17H17N3O4. The van der Waals surface area contributed by atoms with Gasteiger partial charge in [0.15, 0.2) is 5.75 Å². The number of fused-ring (bicyclic) bond motifs is 1. The number of aromatic nitrogens is 2. The number of ether oxygens (including phenoxy) is 1. The maximum absolute atomic E-state index is 11.3. The first-order valence-electron chi connectivity index (χ1n) is 7.55. The lowest BCUT2D eigenvalue weighted by Crippen LogP contribution is -2.06. The highest BCUT2D eigenvalue weighted by molar-refractivity contribution is 5.84. The first-order valence-corrected chi connectivity index (χ1v) is 7.55. The molecule has 124 valence electrons. The minimum absolute atomic E-state index is 0.0568. The van der Waals surface area contributed by atoms with Crippen LogP contribution in [0.2, 0.25) is 0 Å². The van der Waals surface area contributed by atoms with E-state index in [1.807, 2.05) is 13.8 Å². The number of nitrogens with zero attached hydrogens (tertiary/aromatic N) is 2. The zero-order valence-corrected chi connectivity index (χ0v) is 13.3. The molecule has 3 rings (SSSR count). The van der Waals surface area contributed by atoms with Gasteiger partial charge in [0.05, 0.1) is 17.0 Å². The number of aromatic hydroxyl groups is 1. The maximum atomic E-state index is 11.3. The normalized spacial score (nSPS) is 11.1. The molecule has 0 amide bonds. The molecule has 0 radical (unpaired) electrons. The van der Waals surface area contributed by atoms with E-state index in [2.05, 4.69) is 9.97 Å². The van der Waals surface area contributed by atoms with Crippen LogP contribution in [0.5, 0.6) is 11.5 Å². The van der Waals surface area contributed by atoms with E-state index in [0.29, 0.717) is 29.0 Å². The van der Waals surface area contributed by atoms with Crippen molar-refractivity contribution in [3.05, 3.63) is 46.5 Å². The van der Waals surface area contributed by atoms with Crippen LogP contribution in [0.3, 0.4) is 0 Å². The number of phenolic OH excluding ortho intramolecular Hbond substituents is 1. The van der Waals surface area contributed by atoms with Gasteiger partial charge in [0.2, 0.25) is 0 Å². The SMILES string of the molecule is CC(C)COc1ccc(-c2nc3c(O)cccc3[nH]2)cc1[N+](=O)[O-]. The number of nitro benzene ring substituents is 1. The molecule has 1 heterocycles. The summed E-state index contributed by atoms with van der Waals surface area (Å²) in [6.45, 7) is 4.35. The highest BCUT2D eigenvalue weighted by Crippen LogP contribution is 2.33. The van der Waals surface area contributed by atoms with Crippen LogP contribution in [0.1, 0.15) is 13.8 Å². The number of nitrogens with one attached hydrogen (secondary N) is 1. The van der Waals surface area contributed by atoms with Crippen LogP contribution in [-0.2, 0) is 0 Å². The summed E-state index contributed by atoms with van der Waals surface area (Å²) in [7, 11) is 0. The molecular weight excluding hydrogens is 310 g/mol. The predicted octanol–water partition coefficient (Wildman–Crippen LogP) is 3.88. The average Bonchev–Trinajstić information content (AvgIpc) is 2.98. The monoisotopic (exact) mass is 327 g/mol. The lowest BCUT2D eigenvalue weighted by Gasteiger charge is -2.09. The molecule has 7 nitrogen and oxygen atoms in total. The number of phenols is 1. The maximum Gasteiger partial charge on any atom is 0.311 e. The fourth-order valence-corrected chi connectivity index (χ4v) is 2.34. The van der Waals surface area contributed by atoms with Crippen LogP contribution in [0.25, 0.3) is 22.4 Å². The standard InChI is InChI=1S/C17H17N3O4/c1-10(2)9-24-15-7-6-11(8-13(15)20(22)23)17-18-12-4-3-5-14(21)16(12)19-17/h3-8,10,21H,9H2,1-2H3,(H,18,19). The van der Waals surface area contributed by atoms with Gasteiger partial charge in [-0.05, 0) is 30.2 Å². The van der Waals surface area contributed by atoms with Crippen molar-refractivity contribution in [3.8, 4) is 22.9 Å². The van der Waals surface area contributed by atoms with E-state index in [1.165, 1.54) is 12.1 Å².